The molecular weight excluding hydrogens is 198 g/mol. The Kier molecular flexibility index (Phi) is 2.87. The summed E-state index contributed by atoms with van der Waals surface area (Å²) in [6, 6.07) is 0.631. The zero-order valence-electron chi connectivity index (χ0n) is 11.6. The summed E-state index contributed by atoms with van der Waals surface area (Å²) in [5, 5.41) is 3.55. The van der Waals surface area contributed by atoms with E-state index in [0.29, 0.717) is 12.0 Å². The molecule has 2 aliphatic rings. The van der Waals surface area contributed by atoms with Crippen LogP contribution in [0.5, 0.6) is 0 Å². The fourth-order valence-electron chi connectivity index (χ4n) is 3.73. The lowest BCUT2D eigenvalue weighted by Gasteiger charge is -2.33. The summed E-state index contributed by atoms with van der Waals surface area (Å²) in [6.45, 7) is 11.3. The molecule has 16 heavy (non-hydrogen) atoms. The van der Waals surface area contributed by atoms with Crippen molar-refractivity contribution in [1.29, 1.82) is 0 Å². The van der Waals surface area contributed by atoms with Gasteiger partial charge in [0.05, 0.1) is 11.2 Å². The summed E-state index contributed by atoms with van der Waals surface area (Å²) in [5.74, 6) is 2.41. The van der Waals surface area contributed by atoms with Gasteiger partial charge in [-0.2, -0.15) is 0 Å². The molecule has 2 rings (SSSR count). The molecule has 0 bridgehead atoms. The molecule has 2 heteroatoms. The van der Waals surface area contributed by atoms with Crippen molar-refractivity contribution in [2.45, 2.75) is 64.7 Å². The molecule has 1 N–H and O–H groups in total. The number of hydrogen-bond donors (Lipinski definition) is 1. The molecule has 0 radical (unpaired) electrons. The number of ether oxygens (including phenoxy) is 1. The summed E-state index contributed by atoms with van der Waals surface area (Å²) in [5.41, 5.74) is 0.0564. The highest BCUT2D eigenvalue weighted by molar-refractivity contribution is 5.05. The van der Waals surface area contributed by atoms with Gasteiger partial charge in [-0.1, -0.05) is 6.92 Å². The smallest absolute Gasteiger partial charge is 0.0677 e. The lowest BCUT2D eigenvalue weighted by molar-refractivity contribution is -0.0782. The van der Waals surface area contributed by atoms with Gasteiger partial charge in [0.25, 0.3) is 0 Å². The first-order valence-electron chi connectivity index (χ1n) is 6.64. The minimum Gasteiger partial charge on any atom is -0.369 e. The fraction of sp³-hybridized carbons (Fsp3) is 1.00. The summed E-state index contributed by atoms with van der Waals surface area (Å²) >= 11 is 0. The van der Waals surface area contributed by atoms with Crippen molar-refractivity contribution in [2.24, 2.45) is 17.8 Å². The zero-order valence-corrected chi connectivity index (χ0v) is 11.6. The Morgan fingerprint density at radius 1 is 1.25 bits per heavy atom. The third-order valence-electron chi connectivity index (χ3n) is 4.54. The first-order chi connectivity index (χ1) is 7.27. The molecule has 1 aliphatic carbocycles. The Bertz CT molecular complexity index is 272. The van der Waals surface area contributed by atoms with Crippen LogP contribution in [0.1, 0.15) is 47.5 Å². The molecule has 4 atom stereocenters. The van der Waals surface area contributed by atoms with E-state index in [-0.39, 0.29) is 11.2 Å². The van der Waals surface area contributed by atoms with Crippen molar-refractivity contribution >= 4 is 0 Å². The largest absolute Gasteiger partial charge is 0.369 e. The van der Waals surface area contributed by atoms with Crippen molar-refractivity contribution in [1.82, 2.24) is 5.32 Å². The van der Waals surface area contributed by atoms with Gasteiger partial charge in [0, 0.05) is 12.0 Å². The van der Waals surface area contributed by atoms with Crippen molar-refractivity contribution in [2.75, 3.05) is 7.05 Å². The molecule has 0 aromatic rings. The van der Waals surface area contributed by atoms with Crippen molar-refractivity contribution in [3.8, 4) is 0 Å². The summed E-state index contributed by atoms with van der Waals surface area (Å²) in [6.07, 6.45) is 2.56. The third-order valence-corrected chi connectivity index (χ3v) is 4.54. The topological polar surface area (TPSA) is 21.3 Å². The molecule has 4 unspecified atom stereocenters. The van der Waals surface area contributed by atoms with E-state index < -0.39 is 0 Å². The SMILES string of the molecule is CNC(C1CC1C)C1CC(C)(C)OC1(C)C. The second-order valence-corrected chi connectivity index (χ2v) is 6.97. The predicted octanol–water partition coefficient (Wildman–Crippen LogP) is 2.82. The van der Waals surface area contributed by atoms with E-state index in [0.717, 1.165) is 11.8 Å². The Morgan fingerprint density at radius 3 is 2.12 bits per heavy atom. The van der Waals surface area contributed by atoms with Crippen LogP contribution in [0, 0.1) is 17.8 Å². The molecule has 2 fully saturated rings. The molecular formula is C14H27NO. The molecule has 94 valence electrons. The van der Waals surface area contributed by atoms with E-state index in [4.69, 9.17) is 4.74 Å². The molecule has 1 heterocycles. The number of rotatable bonds is 3. The highest BCUT2D eigenvalue weighted by atomic mass is 16.5. The van der Waals surface area contributed by atoms with Gasteiger partial charge in [0.2, 0.25) is 0 Å². The average molecular weight is 225 g/mol. The monoisotopic (exact) mass is 225 g/mol. The van der Waals surface area contributed by atoms with E-state index in [1.807, 2.05) is 0 Å². The number of hydrogen-bond acceptors (Lipinski definition) is 2. The Balaban J connectivity index is 2.13. The molecule has 1 aliphatic heterocycles. The van der Waals surface area contributed by atoms with Crippen LogP contribution < -0.4 is 5.32 Å². The van der Waals surface area contributed by atoms with Crippen molar-refractivity contribution < 1.29 is 4.74 Å². The Labute approximate surface area is 100 Å². The molecule has 1 saturated heterocycles. The summed E-state index contributed by atoms with van der Waals surface area (Å²) in [7, 11) is 2.11. The third kappa shape index (κ3) is 2.14. The zero-order chi connectivity index (χ0) is 12.1. The maximum absolute atomic E-state index is 6.20. The van der Waals surface area contributed by atoms with Gasteiger partial charge >= 0.3 is 0 Å². The van der Waals surface area contributed by atoms with Gasteiger partial charge in [-0.05, 0) is 59.4 Å². The lowest BCUT2D eigenvalue weighted by atomic mass is 9.79. The molecule has 0 aromatic heterocycles. The second-order valence-electron chi connectivity index (χ2n) is 6.97. The quantitative estimate of drug-likeness (QED) is 0.797. The van der Waals surface area contributed by atoms with E-state index in [1.54, 1.807) is 0 Å². The van der Waals surface area contributed by atoms with Crippen LogP contribution >= 0.6 is 0 Å². The maximum Gasteiger partial charge on any atom is 0.0677 e. The molecule has 0 spiro atoms. The predicted molar refractivity (Wildman–Crippen MR) is 67.5 cm³/mol. The van der Waals surface area contributed by atoms with Crippen molar-refractivity contribution in [3.05, 3.63) is 0 Å². The second kappa shape index (κ2) is 3.71. The van der Waals surface area contributed by atoms with E-state index in [1.165, 1.54) is 12.8 Å². The summed E-state index contributed by atoms with van der Waals surface area (Å²) in [4.78, 5) is 0. The minimum atomic E-state index is 0.0134. The fourth-order valence-corrected chi connectivity index (χ4v) is 3.73. The van der Waals surface area contributed by atoms with Gasteiger partial charge < -0.3 is 10.1 Å². The van der Waals surface area contributed by atoms with Crippen LogP contribution in [0.4, 0.5) is 0 Å². The number of nitrogens with one attached hydrogen (secondary N) is 1. The van der Waals surface area contributed by atoms with Gasteiger partial charge in [-0.3, -0.25) is 0 Å². The van der Waals surface area contributed by atoms with Crippen molar-refractivity contribution in [3.63, 3.8) is 0 Å². The first-order valence-corrected chi connectivity index (χ1v) is 6.64. The lowest BCUT2D eigenvalue weighted by Crippen LogP contribution is -2.44. The van der Waals surface area contributed by atoms with E-state index >= 15 is 0 Å². The van der Waals surface area contributed by atoms with Gasteiger partial charge in [-0.25, -0.2) is 0 Å². The van der Waals surface area contributed by atoms with E-state index in [9.17, 15) is 0 Å². The van der Waals surface area contributed by atoms with Gasteiger partial charge in [-0.15, -0.1) is 0 Å². The maximum atomic E-state index is 6.20. The van der Waals surface area contributed by atoms with Gasteiger partial charge in [0.1, 0.15) is 0 Å². The van der Waals surface area contributed by atoms with Crippen LogP contribution in [0.15, 0.2) is 0 Å². The highest BCUT2D eigenvalue weighted by Gasteiger charge is 2.53. The van der Waals surface area contributed by atoms with Crippen LogP contribution in [-0.2, 0) is 4.74 Å². The first kappa shape index (κ1) is 12.4. The van der Waals surface area contributed by atoms with Gasteiger partial charge in [0.15, 0.2) is 0 Å². The molecule has 2 nitrogen and oxygen atoms in total. The summed E-state index contributed by atoms with van der Waals surface area (Å²) < 4.78 is 6.20. The standard InChI is InChI=1S/C14H27NO/c1-9-7-10(9)12(15-6)11-8-13(2,3)16-14(11,4)5/h9-12,15H,7-8H2,1-6H3. The van der Waals surface area contributed by atoms with Crippen LogP contribution in [0.3, 0.4) is 0 Å². The van der Waals surface area contributed by atoms with Crippen LogP contribution in [0.2, 0.25) is 0 Å². The normalized spacial score (nSPS) is 42.0. The Morgan fingerprint density at radius 2 is 1.81 bits per heavy atom. The average Bonchev–Trinajstić information content (AvgIpc) is 2.74. The van der Waals surface area contributed by atoms with Crippen LogP contribution in [0.25, 0.3) is 0 Å². The van der Waals surface area contributed by atoms with E-state index in [2.05, 4.69) is 47.0 Å². The molecule has 1 saturated carbocycles. The molecule has 0 aromatic carbocycles. The minimum absolute atomic E-state index is 0.0134. The van der Waals surface area contributed by atoms with Crippen LogP contribution in [-0.4, -0.2) is 24.3 Å². The highest BCUT2D eigenvalue weighted by Crippen LogP contribution is 2.50. The Hall–Kier alpha value is -0.0800. The molecule has 0 amide bonds.